The lowest BCUT2D eigenvalue weighted by Crippen LogP contribution is -2.66. The van der Waals surface area contributed by atoms with Crippen LogP contribution in [0.25, 0.3) is 0 Å². The molecule has 1 aromatic rings. The lowest BCUT2D eigenvalue weighted by Gasteiger charge is -2.45. The van der Waals surface area contributed by atoms with Gasteiger partial charge in [0.25, 0.3) is 5.91 Å². The average molecular weight is 226 g/mol. The van der Waals surface area contributed by atoms with E-state index in [0.717, 1.165) is 6.07 Å². The molecule has 2 rings (SSSR count). The number of nitrogens with zero attached hydrogens (tertiary/aromatic N) is 1. The van der Waals surface area contributed by atoms with E-state index in [1.54, 1.807) is 6.92 Å². The van der Waals surface area contributed by atoms with E-state index < -0.39 is 23.1 Å². The Hall–Kier alpha value is -1.49. The molecule has 0 aromatic heterocycles. The number of carbonyl (C=O) groups excluding carboxylic acids is 1. The van der Waals surface area contributed by atoms with Gasteiger partial charge in [0, 0.05) is 18.6 Å². The van der Waals surface area contributed by atoms with Gasteiger partial charge in [-0.25, -0.2) is 8.78 Å². The first-order valence-corrected chi connectivity index (χ1v) is 4.93. The van der Waals surface area contributed by atoms with E-state index in [2.05, 4.69) is 0 Å². The monoisotopic (exact) mass is 226 g/mol. The Morgan fingerprint density at radius 1 is 1.44 bits per heavy atom. The van der Waals surface area contributed by atoms with E-state index >= 15 is 0 Å². The molecule has 3 nitrogen and oxygen atoms in total. The van der Waals surface area contributed by atoms with Gasteiger partial charge in [-0.05, 0) is 19.1 Å². The number of carbonyl (C=O) groups is 1. The number of benzene rings is 1. The van der Waals surface area contributed by atoms with Crippen molar-refractivity contribution < 1.29 is 13.6 Å². The van der Waals surface area contributed by atoms with Crippen LogP contribution in [0.1, 0.15) is 17.3 Å². The van der Waals surface area contributed by atoms with Crippen LogP contribution in [0.5, 0.6) is 0 Å². The standard InChI is InChI=1S/C11H12F2N2O/c1-11(14)5-15(6-11)10(16)7-3-2-4-8(12)9(7)13/h2-4H,5-6,14H2,1H3. The molecule has 0 unspecified atom stereocenters. The molecule has 1 aliphatic rings. The largest absolute Gasteiger partial charge is 0.335 e. The van der Waals surface area contributed by atoms with Gasteiger partial charge in [-0.15, -0.1) is 0 Å². The number of halogens is 2. The molecule has 16 heavy (non-hydrogen) atoms. The van der Waals surface area contributed by atoms with Crippen LogP contribution >= 0.6 is 0 Å². The Bertz CT molecular complexity index is 438. The van der Waals surface area contributed by atoms with Crippen molar-refractivity contribution in [3.63, 3.8) is 0 Å². The van der Waals surface area contributed by atoms with Crippen molar-refractivity contribution in [2.24, 2.45) is 5.73 Å². The fraction of sp³-hybridized carbons (Fsp3) is 0.364. The normalized spacial score (nSPS) is 18.1. The van der Waals surface area contributed by atoms with Crippen molar-refractivity contribution in [1.82, 2.24) is 4.90 Å². The molecule has 1 heterocycles. The van der Waals surface area contributed by atoms with E-state index in [9.17, 15) is 13.6 Å². The number of hydrogen-bond acceptors (Lipinski definition) is 2. The predicted molar refractivity (Wildman–Crippen MR) is 54.9 cm³/mol. The molecule has 0 radical (unpaired) electrons. The Morgan fingerprint density at radius 2 is 2.06 bits per heavy atom. The van der Waals surface area contributed by atoms with E-state index in [1.807, 2.05) is 0 Å². The Balaban J connectivity index is 2.20. The molecular weight excluding hydrogens is 214 g/mol. The number of hydrogen-bond donors (Lipinski definition) is 1. The van der Waals surface area contributed by atoms with Crippen molar-refractivity contribution in [2.75, 3.05) is 13.1 Å². The zero-order valence-electron chi connectivity index (χ0n) is 8.84. The summed E-state index contributed by atoms with van der Waals surface area (Å²) in [5.41, 5.74) is 5.08. The summed E-state index contributed by atoms with van der Waals surface area (Å²) in [7, 11) is 0. The molecule has 0 saturated carbocycles. The summed E-state index contributed by atoms with van der Waals surface area (Å²) < 4.78 is 26.2. The summed E-state index contributed by atoms with van der Waals surface area (Å²) in [5.74, 6) is -2.63. The van der Waals surface area contributed by atoms with E-state index in [-0.39, 0.29) is 5.56 Å². The fourth-order valence-electron chi connectivity index (χ4n) is 1.81. The lowest BCUT2D eigenvalue weighted by molar-refractivity contribution is 0.0448. The van der Waals surface area contributed by atoms with Crippen LogP contribution in [-0.2, 0) is 0 Å². The summed E-state index contributed by atoms with van der Waals surface area (Å²) in [6.07, 6.45) is 0. The minimum Gasteiger partial charge on any atom is -0.335 e. The minimum absolute atomic E-state index is 0.240. The highest BCUT2D eigenvalue weighted by Crippen LogP contribution is 2.21. The molecule has 0 atom stereocenters. The Morgan fingerprint density at radius 3 is 2.62 bits per heavy atom. The average Bonchev–Trinajstić information content (AvgIpc) is 2.17. The van der Waals surface area contributed by atoms with Gasteiger partial charge >= 0.3 is 0 Å². The smallest absolute Gasteiger partial charge is 0.257 e. The van der Waals surface area contributed by atoms with Crippen molar-refractivity contribution in [1.29, 1.82) is 0 Å². The maximum Gasteiger partial charge on any atom is 0.257 e. The molecular formula is C11H12F2N2O. The summed E-state index contributed by atoms with van der Waals surface area (Å²) in [6, 6.07) is 3.56. The third-order valence-electron chi connectivity index (χ3n) is 2.57. The van der Waals surface area contributed by atoms with Gasteiger partial charge in [0.2, 0.25) is 0 Å². The molecule has 1 fully saturated rings. The maximum atomic E-state index is 13.3. The summed E-state index contributed by atoms with van der Waals surface area (Å²) in [4.78, 5) is 13.2. The van der Waals surface area contributed by atoms with Gasteiger partial charge < -0.3 is 10.6 Å². The van der Waals surface area contributed by atoms with E-state index in [1.165, 1.54) is 17.0 Å². The second-order valence-corrected chi connectivity index (χ2v) is 4.42. The highest BCUT2D eigenvalue weighted by Gasteiger charge is 2.38. The van der Waals surface area contributed by atoms with Crippen molar-refractivity contribution in [3.05, 3.63) is 35.4 Å². The molecule has 2 N–H and O–H groups in total. The summed E-state index contributed by atoms with van der Waals surface area (Å²) >= 11 is 0. The predicted octanol–water partition coefficient (Wildman–Crippen LogP) is 1.14. The molecule has 0 spiro atoms. The van der Waals surface area contributed by atoms with Gasteiger partial charge in [-0.2, -0.15) is 0 Å². The number of amides is 1. The van der Waals surface area contributed by atoms with Crippen LogP contribution in [0, 0.1) is 11.6 Å². The van der Waals surface area contributed by atoms with Gasteiger partial charge in [-0.3, -0.25) is 4.79 Å². The number of likely N-dealkylation sites (tertiary alicyclic amines) is 1. The molecule has 5 heteroatoms. The SMILES string of the molecule is CC1(N)CN(C(=O)c2cccc(F)c2F)C1. The minimum atomic E-state index is -1.10. The van der Waals surface area contributed by atoms with Crippen LogP contribution in [-0.4, -0.2) is 29.4 Å². The topological polar surface area (TPSA) is 46.3 Å². The van der Waals surface area contributed by atoms with Crippen molar-refractivity contribution in [2.45, 2.75) is 12.5 Å². The van der Waals surface area contributed by atoms with Gasteiger partial charge in [0.15, 0.2) is 11.6 Å². The summed E-state index contributed by atoms with van der Waals surface area (Å²) in [6.45, 7) is 2.53. The first-order valence-electron chi connectivity index (χ1n) is 4.93. The molecule has 1 saturated heterocycles. The molecule has 1 aliphatic heterocycles. The lowest BCUT2D eigenvalue weighted by atomic mass is 9.93. The number of nitrogens with two attached hydrogens (primary N) is 1. The maximum absolute atomic E-state index is 13.3. The fourth-order valence-corrected chi connectivity index (χ4v) is 1.81. The first kappa shape index (κ1) is 11.0. The molecule has 0 aliphatic carbocycles. The van der Waals surface area contributed by atoms with Gasteiger partial charge in [0.1, 0.15) is 0 Å². The van der Waals surface area contributed by atoms with Gasteiger partial charge in [0.05, 0.1) is 5.56 Å². The zero-order valence-corrected chi connectivity index (χ0v) is 8.84. The third-order valence-corrected chi connectivity index (χ3v) is 2.57. The van der Waals surface area contributed by atoms with Crippen LogP contribution in [0.4, 0.5) is 8.78 Å². The Kier molecular flexibility index (Phi) is 2.42. The third kappa shape index (κ3) is 1.78. The second-order valence-electron chi connectivity index (χ2n) is 4.42. The van der Waals surface area contributed by atoms with Crippen LogP contribution in [0.3, 0.4) is 0 Å². The number of rotatable bonds is 1. The molecule has 86 valence electrons. The second kappa shape index (κ2) is 3.52. The Labute approximate surface area is 91.8 Å². The highest BCUT2D eigenvalue weighted by molar-refractivity contribution is 5.95. The van der Waals surface area contributed by atoms with Crippen LogP contribution in [0.2, 0.25) is 0 Å². The molecule has 0 bridgehead atoms. The van der Waals surface area contributed by atoms with E-state index in [0.29, 0.717) is 13.1 Å². The highest BCUT2D eigenvalue weighted by atomic mass is 19.2. The zero-order chi connectivity index (χ0) is 11.9. The van der Waals surface area contributed by atoms with E-state index in [4.69, 9.17) is 5.73 Å². The van der Waals surface area contributed by atoms with Crippen LogP contribution < -0.4 is 5.73 Å². The van der Waals surface area contributed by atoms with Gasteiger partial charge in [-0.1, -0.05) is 6.07 Å². The molecule has 1 amide bonds. The summed E-state index contributed by atoms with van der Waals surface area (Å²) in [5, 5.41) is 0. The van der Waals surface area contributed by atoms with Crippen LogP contribution in [0.15, 0.2) is 18.2 Å². The first-order chi connectivity index (χ1) is 7.41. The quantitative estimate of drug-likeness (QED) is 0.780. The van der Waals surface area contributed by atoms with Crippen molar-refractivity contribution >= 4 is 5.91 Å². The van der Waals surface area contributed by atoms with Crippen molar-refractivity contribution in [3.8, 4) is 0 Å². The molecule has 1 aromatic carbocycles.